The van der Waals surface area contributed by atoms with Gasteiger partial charge in [0.2, 0.25) is 5.91 Å². The van der Waals surface area contributed by atoms with Gasteiger partial charge in [-0.3, -0.25) is 4.79 Å². The number of hydrogen-bond donors (Lipinski definition) is 2. The second kappa shape index (κ2) is 33.4. The molecule has 5 nitrogen and oxygen atoms in total. The SMILES string of the molecule is CCCCCCCCCCCCC/C=C/[C@@H](O)[C@H](COC(=O)c1ccccc1)NC(=O)CCCCCCCCCCCCCCCCC. The van der Waals surface area contributed by atoms with Crippen LogP contribution >= 0.6 is 0 Å². The summed E-state index contributed by atoms with van der Waals surface area (Å²) < 4.78 is 5.51. The van der Waals surface area contributed by atoms with E-state index in [0.29, 0.717) is 12.0 Å². The summed E-state index contributed by atoms with van der Waals surface area (Å²) in [6.07, 6.45) is 37.9. The third-order valence-electron chi connectivity index (χ3n) is 9.48. The Bertz CT molecular complexity index is 886. The van der Waals surface area contributed by atoms with Gasteiger partial charge >= 0.3 is 5.97 Å². The standard InChI is InChI=1S/C43H75NO4/c1-3-5-7-9-11-13-15-17-18-20-22-24-26-28-33-37-42(46)44-40(38-48-43(47)39-34-30-29-31-35-39)41(45)36-32-27-25-23-21-19-16-14-12-10-8-6-4-2/h29-32,34-36,40-41,45H,3-28,33,37-38H2,1-2H3,(H,44,46)/b36-32+/t40-,41+/m0/s1. The quantitative estimate of drug-likeness (QED) is 0.0435. The van der Waals surface area contributed by atoms with E-state index in [4.69, 9.17) is 4.74 Å². The number of hydrogen-bond acceptors (Lipinski definition) is 4. The zero-order valence-corrected chi connectivity index (χ0v) is 31.4. The van der Waals surface area contributed by atoms with Crippen LogP contribution in [0.15, 0.2) is 42.5 Å². The van der Waals surface area contributed by atoms with E-state index in [1.165, 1.54) is 141 Å². The Morgan fingerprint density at radius 1 is 0.625 bits per heavy atom. The molecule has 2 N–H and O–H groups in total. The van der Waals surface area contributed by atoms with Crippen LogP contribution in [0.4, 0.5) is 0 Å². The summed E-state index contributed by atoms with van der Waals surface area (Å²) in [5, 5.41) is 13.9. The van der Waals surface area contributed by atoms with Crippen molar-refractivity contribution in [2.24, 2.45) is 0 Å². The number of allylic oxidation sites excluding steroid dienone is 1. The Balaban J connectivity index is 2.28. The number of aliphatic hydroxyl groups excluding tert-OH is 1. The summed E-state index contributed by atoms with van der Waals surface area (Å²) in [4.78, 5) is 25.3. The van der Waals surface area contributed by atoms with Crippen LogP contribution in [-0.4, -0.2) is 35.7 Å². The van der Waals surface area contributed by atoms with Crippen molar-refractivity contribution in [2.45, 2.75) is 206 Å². The van der Waals surface area contributed by atoms with E-state index in [1.807, 2.05) is 12.1 Å². The van der Waals surface area contributed by atoms with E-state index in [9.17, 15) is 14.7 Å². The lowest BCUT2D eigenvalue weighted by atomic mass is 10.0. The van der Waals surface area contributed by atoms with Gasteiger partial charge in [-0.05, 0) is 31.4 Å². The number of aliphatic hydroxyl groups is 1. The predicted molar refractivity (Wildman–Crippen MR) is 204 cm³/mol. The maximum Gasteiger partial charge on any atom is 0.338 e. The minimum Gasteiger partial charge on any atom is -0.460 e. The van der Waals surface area contributed by atoms with E-state index in [2.05, 4.69) is 19.2 Å². The molecule has 1 aromatic carbocycles. The highest BCUT2D eigenvalue weighted by Crippen LogP contribution is 2.15. The lowest BCUT2D eigenvalue weighted by Crippen LogP contribution is -2.46. The fourth-order valence-electron chi connectivity index (χ4n) is 6.28. The molecule has 0 aliphatic rings. The lowest BCUT2D eigenvalue weighted by molar-refractivity contribution is -0.123. The van der Waals surface area contributed by atoms with Crippen molar-refractivity contribution < 1.29 is 19.4 Å². The molecule has 0 fully saturated rings. The lowest BCUT2D eigenvalue weighted by Gasteiger charge is -2.22. The van der Waals surface area contributed by atoms with Gasteiger partial charge in [0.15, 0.2) is 0 Å². The third-order valence-corrected chi connectivity index (χ3v) is 9.48. The van der Waals surface area contributed by atoms with Gasteiger partial charge in [-0.1, -0.05) is 198 Å². The number of amides is 1. The predicted octanol–water partition coefficient (Wildman–Crippen LogP) is 12.2. The van der Waals surface area contributed by atoms with E-state index >= 15 is 0 Å². The van der Waals surface area contributed by atoms with Gasteiger partial charge < -0.3 is 15.2 Å². The molecule has 0 bridgehead atoms. The highest BCUT2D eigenvalue weighted by Gasteiger charge is 2.21. The van der Waals surface area contributed by atoms with Crippen LogP contribution < -0.4 is 5.32 Å². The molecule has 1 rings (SSSR count). The van der Waals surface area contributed by atoms with Crippen molar-refractivity contribution in [1.82, 2.24) is 5.32 Å². The van der Waals surface area contributed by atoms with Crippen LogP contribution in [0.2, 0.25) is 0 Å². The number of carbonyl (C=O) groups is 2. The molecule has 0 aromatic heterocycles. The smallest absolute Gasteiger partial charge is 0.338 e. The highest BCUT2D eigenvalue weighted by molar-refractivity contribution is 5.89. The molecule has 0 aliphatic carbocycles. The molecular formula is C43H75NO4. The fraction of sp³-hybridized carbons (Fsp3) is 0.767. The second-order valence-electron chi connectivity index (χ2n) is 14.1. The molecule has 0 aliphatic heterocycles. The molecule has 0 spiro atoms. The third kappa shape index (κ3) is 26.8. The summed E-state index contributed by atoms with van der Waals surface area (Å²) in [7, 11) is 0. The molecular weight excluding hydrogens is 594 g/mol. The van der Waals surface area contributed by atoms with Crippen LogP contribution in [0.1, 0.15) is 204 Å². The number of benzene rings is 1. The van der Waals surface area contributed by atoms with Crippen LogP contribution in [0.3, 0.4) is 0 Å². The van der Waals surface area contributed by atoms with Crippen molar-refractivity contribution in [2.75, 3.05) is 6.61 Å². The molecule has 0 saturated heterocycles. The van der Waals surface area contributed by atoms with Gasteiger partial charge in [-0.25, -0.2) is 4.79 Å². The molecule has 0 saturated carbocycles. The van der Waals surface area contributed by atoms with Gasteiger partial charge in [0.05, 0.1) is 17.7 Å². The average molecular weight is 670 g/mol. The molecule has 1 amide bonds. The summed E-state index contributed by atoms with van der Waals surface area (Å²) in [5.41, 5.74) is 0.460. The van der Waals surface area contributed by atoms with E-state index in [0.717, 1.165) is 32.1 Å². The molecule has 48 heavy (non-hydrogen) atoms. The van der Waals surface area contributed by atoms with Gasteiger partial charge in [0.25, 0.3) is 0 Å². The summed E-state index contributed by atoms with van der Waals surface area (Å²) >= 11 is 0. The maximum atomic E-state index is 12.8. The number of nitrogens with one attached hydrogen (secondary N) is 1. The first-order chi connectivity index (χ1) is 23.6. The number of carbonyl (C=O) groups excluding carboxylic acids is 2. The number of unbranched alkanes of at least 4 members (excludes halogenated alkanes) is 25. The first-order valence-electron chi connectivity index (χ1n) is 20.4. The van der Waals surface area contributed by atoms with E-state index in [1.54, 1.807) is 30.3 Å². The monoisotopic (exact) mass is 670 g/mol. The number of ether oxygens (including phenoxy) is 1. The number of esters is 1. The minimum absolute atomic E-state index is 0.0672. The van der Waals surface area contributed by atoms with Crippen LogP contribution in [-0.2, 0) is 9.53 Å². The summed E-state index contributed by atoms with van der Waals surface area (Å²) in [6.45, 7) is 4.47. The largest absolute Gasteiger partial charge is 0.460 e. The molecule has 1 aromatic rings. The molecule has 2 atom stereocenters. The zero-order valence-electron chi connectivity index (χ0n) is 31.4. The Kier molecular flexibility index (Phi) is 30.5. The molecule has 0 radical (unpaired) electrons. The van der Waals surface area contributed by atoms with Crippen molar-refractivity contribution in [3.8, 4) is 0 Å². The van der Waals surface area contributed by atoms with Gasteiger partial charge in [0, 0.05) is 6.42 Å². The second-order valence-corrected chi connectivity index (χ2v) is 14.1. The maximum absolute atomic E-state index is 12.8. The van der Waals surface area contributed by atoms with Crippen LogP contribution in [0.5, 0.6) is 0 Å². The highest BCUT2D eigenvalue weighted by atomic mass is 16.5. The van der Waals surface area contributed by atoms with Crippen molar-refractivity contribution in [1.29, 1.82) is 0 Å². The van der Waals surface area contributed by atoms with Crippen molar-refractivity contribution in [3.63, 3.8) is 0 Å². The minimum atomic E-state index is -0.911. The van der Waals surface area contributed by atoms with Crippen molar-refractivity contribution >= 4 is 11.9 Å². The normalized spacial score (nSPS) is 12.7. The Morgan fingerprint density at radius 3 is 1.50 bits per heavy atom. The number of rotatable bonds is 34. The summed E-state index contributed by atoms with van der Waals surface area (Å²) in [5.74, 6) is -0.544. The Morgan fingerprint density at radius 2 is 1.04 bits per heavy atom. The average Bonchev–Trinajstić information content (AvgIpc) is 3.10. The molecule has 0 unspecified atom stereocenters. The van der Waals surface area contributed by atoms with E-state index < -0.39 is 18.1 Å². The first kappa shape index (κ1) is 43.9. The van der Waals surface area contributed by atoms with Crippen LogP contribution in [0, 0.1) is 0 Å². The molecule has 0 heterocycles. The Hall–Kier alpha value is -2.14. The summed E-state index contributed by atoms with van der Waals surface area (Å²) in [6, 6.07) is 8.17. The van der Waals surface area contributed by atoms with Gasteiger partial charge in [0.1, 0.15) is 6.61 Å². The molecule has 5 heteroatoms. The first-order valence-corrected chi connectivity index (χ1v) is 20.4. The van der Waals surface area contributed by atoms with Gasteiger partial charge in [-0.2, -0.15) is 0 Å². The van der Waals surface area contributed by atoms with E-state index in [-0.39, 0.29) is 12.5 Å². The molecule has 276 valence electrons. The van der Waals surface area contributed by atoms with Gasteiger partial charge in [-0.15, -0.1) is 0 Å². The zero-order chi connectivity index (χ0) is 34.8. The topological polar surface area (TPSA) is 75.6 Å². The Labute approximate surface area is 296 Å². The van der Waals surface area contributed by atoms with Crippen LogP contribution in [0.25, 0.3) is 0 Å². The fourth-order valence-corrected chi connectivity index (χ4v) is 6.28. The van der Waals surface area contributed by atoms with Crippen molar-refractivity contribution in [3.05, 3.63) is 48.0 Å².